The van der Waals surface area contributed by atoms with Crippen molar-refractivity contribution in [2.45, 2.75) is 11.3 Å². The molecule has 31 heavy (non-hydrogen) atoms. The molecule has 0 aliphatic carbocycles. The van der Waals surface area contributed by atoms with Gasteiger partial charge in [-0.2, -0.15) is 4.31 Å². The molecule has 1 heterocycles. The second-order valence-corrected chi connectivity index (χ2v) is 9.62. The zero-order valence-corrected chi connectivity index (χ0v) is 18.7. The minimum Gasteiger partial charge on any atom is -0.379 e. The summed E-state index contributed by atoms with van der Waals surface area (Å²) in [5.74, 6) is 0. The largest absolute Gasteiger partial charge is 0.379 e. The summed E-state index contributed by atoms with van der Waals surface area (Å²) in [6, 6.07) is 14.1. The summed E-state index contributed by atoms with van der Waals surface area (Å²) in [6.45, 7) is 3.34. The molecule has 3 rings (SSSR count). The Balaban J connectivity index is 1.64. The molecule has 1 saturated heterocycles. The molecule has 0 amide bonds. The van der Waals surface area contributed by atoms with E-state index in [4.69, 9.17) is 0 Å². The Morgan fingerprint density at radius 2 is 1.77 bits per heavy atom. The normalized spacial score (nSPS) is 15.5. The fourth-order valence-corrected chi connectivity index (χ4v) is 4.94. The van der Waals surface area contributed by atoms with Crippen LogP contribution in [0.2, 0.25) is 0 Å². The molecule has 0 radical (unpaired) electrons. The summed E-state index contributed by atoms with van der Waals surface area (Å²) in [4.78, 5) is 15.2. The van der Waals surface area contributed by atoms with Crippen molar-refractivity contribution in [1.29, 1.82) is 0 Å². The molecule has 168 valence electrons. The van der Waals surface area contributed by atoms with Gasteiger partial charge in [0.25, 0.3) is 5.69 Å². The van der Waals surface area contributed by atoms with Gasteiger partial charge in [0.05, 0.1) is 9.82 Å². The van der Waals surface area contributed by atoms with Crippen molar-refractivity contribution in [3.63, 3.8) is 0 Å². The summed E-state index contributed by atoms with van der Waals surface area (Å²) in [6.07, 6.45) is 0.768. The minimum atomic E-state index is -3.76. The van der Waals surface area contributed by atoms with E-state index in [2.05, 4.69) is 15.1 Å². The molecular weight excluding hydrogens is 418 g/mol. The summed E-state index contributed by atoms with van der Waals surface area (Å²) in [5.41, 5.74) is 1.20. The number of hydrogen-bond donors (Lipinski definition) is 1. The molecule has 0 spiro atoms. The SMILES string of the molecule is CN1CCN(S(=O)(=O)c2ccc(NCCCN(C)c3ccccc3)c([N+](=O)[O-])c2)CC1. The van der Waals surface area contributed by atoms with Gasteiger partial charge in [-0.25, -0.2) is 8.42 Å². The fourth-order valence-electron chi connectivity index (χ4n) is 3.50. The van der Waals surface area contributed by atoms with Gasteiger partial charge in [0.2, 0.25) is 10.0 Å². The Bertz CT molecular complexity index is 992. The molecule has 0 unspecified atom stereocenters. The van der Waals surface area contributed by atoms with E-state index in [9.17, 15) is 18.5 Å². The molecule has 0 aromatic heterocycles. The maximum atomic E-state index is 12.9. The molecule has 0 saturated carbocycles. The Hall–Kier alpha value is -2.69. The van der Waals surface area contributed by atoms with Gasteiger partial charge >= 0.3 is 0 Å². The lowest BCUT2D eigenvalue weighted by Crippen LogP contribution is -2.47. The second kappa shape index (κ2) is 10.1. The molecule has 1 fully saturated rings. The first-order valence-corrected chi connectivity index (χ1v) is 11.7. The summed E-state index contributed by atoms with van der Waals surface area (Å²) in [7, 11) is 0.176. The number of nitro groups is 1. The quantitative estimate of drug-likeness (QED) is 0.358. The standard InChI is InChI=1S/C21H29N5O4S/c1-23-13-15-25(16-14-23)31(29,30)19-9-10-20(21(17-19)26(27)28)22-11-6-12-24(2)18-7-4-3-5-8-18/h3-5,7-10,17,22H,6,11-16H2,1-2H3. The highest BCUT2D eigenvalue weighted by molar-refractivity contribution is 7.89. The van der Waals surface area contributed by atoms with Gasteiger partial charge in [0.15, 0.2) is 0 Å². The smallest absolute Gasteiger partial charge is 0.293 e. The molecule has 2 aromatic carbocycles. The lowest BCUT2D eigenvalue weighted by Gasteiger charge is -2.31. The van der Waals surface area contributed by atoms with Crippen LogP contribution in [-0.2, 0) is 10.0 Å². The van der Waals surface area contributed by atoms with Crippen molar-refractivity contribution in [1.82, 2.24) is 9.21 Å². The van der Waals surface area contributed by atoms with Crippen molar-refractivity contribution in [3.05, 3.63) is 58.6 Å². The molecule has 1 aliphatic heterocycles. The van der Waals surface area contributed by atoms with Crippen LogP contribution in [0.1, 0.15) is 6.42 Å². The number of likely N-dealkylation sites (N-methyl/N-ethyl adjacent to an activating group) is 1. The molecular formula is C21H29N5O4S. The number of rotatable bonds is 9. The molecule has 2 aromatic rings. The lowest BCUT2D eigenvalue weighted by atomic mass is 10.2. The number of para-hydroxylation sites is 1. The van der Waals surface area contributed by atoms with E-state index in [-0.39, 0.29) is 10.6 Å². The van der Waals surface area contributed by atoms with Crippen LogP contribution in [0.3, 0.4) is 0 Å². The average molecular weight is 448 g/mol. The summed E-state index contributed by atoms with van der Waals surface area (Å²) < 4.78 is 27.2. The second-order valence-electron chi connectivity index (χ2n) is 7.68. The highest BCUT2D eigenvalue weighted by atomic mass is 32.2. The monoisotopic (exact) mass is 447 g/mol. The Kier molecular flexibility index (Phi) is 7.47. The van der Waals surface area contributed by atoms with Crippen molar-refractivity contribution < 1.29 is 13.3 Å². The fraction of sp³-hybridized carbons (Fsp3) is 0.429. The predicted molar refractivity (Wildman–Crippen MR) is 122 cm³/mol. The Labute approximate surface area is 183 Å². The summed E-state index contributed by atoms with van der Waals surface area (Å²) >= 11 is 0. The van der Waals surface area contributed by atoms with E-state index in [1.54, 1.807) is 0 Å². The number of hydrogen-bond acceptors (Lipinski definition) is 7. The minimum absolute atomic E-state index is 0.0434. The van der Waals surface area contributed by atoms with Crippen LogP contribution in [0.4, 0.5) is 17.1 Å². The molecule has 10 heteroatoms. The van der Waals surface area contributed by atoms with Crippen LogP contribution in [-0.4, -0.2) is 75.9 Å². The third-order valence-electron chi connectivity index (χ3n) is 5.45. The number of benzene rings is 2. The van der Waals surface area contributed by atoms with E-state index < -0.39 is 14.9 Å². The van der Waals surface area contributed by atoms with Gasteiger partial charge in [-0.3, -0.25) is 10.1 Å². The maximum Gasteiger partial charge on any atom is 0.293 e. The van der Waals surface area contributed by atoms with E-state index in [0.717, 1.165) is 24.7 Å². The highest BCUT2D eigenvalue weighted by Crippen LogP contribution is 2.29. The number of sulfonamides is 1. The molecule has 1 aliphatic rings. The number of anilines is 2. The molecule has 1 N–H and O–H groups in total. The third kappa shape index (κ3) is 5.72. The first kappa shape index (κ1) is 23.0. The van der Waals surface area contributed by atoms with Crippen LogP contribution in [0.15, 0.2) is 53.4 Å². The zero-order valence-electron chi connectivity index (χ0n) is 17.9. The van der Waals surface area contributed by atoms with Crippen molar-refractivity contribution in [2.24, 2.45) is 0 Å². The highest BCUT2D eigenvalue weighted by Gasteiger charge is 2.29. The van der Waals surface area contributed by atoms with Crippen LogP contribution in [0, 0.1) is 10.1 Å². The van der Waals surface area contributed by atoms with Crippen LogP contribution in [0.25, 0.3) is 0 Å². The predicted octanol–water partition coefficient (Wildman–Crippen LogP) is 2.47. The number of nitrogens with zero attached hydrogens (tertiary/aromatic N) is 4. The Morgan fingerprint density at radius 1 is 1.10 bits per heavy atom. The molecule has 0 atom stereocenters. The van der Waals surface area contributed by atoms with Crippen LogP contribution in [0.5, 0.6) is 0 Å². The van der Waals surface area contributed by atoms with Crippen LogP contribution >= 0.6 is 0 Å². The van der Waals surface area contributed by atoms with Gasteiger partial charge in [-0.05, 0) is 37.7 Å². The van der Waals surface area contributed by atoms with Gasteiger partial charge in [0, 0.05) is 58.1 Å². The van der Waals surface area contributed by atoms with Crippen molar-refractivity contribution in [2.75, 3.05) is 63.6 Å². The molecule has 0 bridgehead atoms. The number of nitro benzene ring substituents is 1. The van der Waals surface area contributed by atoms with Gasteiger partial charge < -0.3 is 15.1 Å². The Morgan fingerprint density at radius 3 is 2.42 bits per heavy atom. The average Bonchev–Trinajstić information content (AvgIpc) is 2.77. The third-order valence-corrected chi connectivity index (χ3v) is 7.34. The lowest BCUT2D eigenvalue weighted by molar-refractivity contribution is -0.384. The van der Waals surface area contributed by atoms with Crippen molar-refractivity contribution in [3.8, 4) is 0 Å². The van der Waals surface area contributed by atoms with Gasteiger partial charge in [-0.1, -0.05) is 18.2 Å². The van der Waals surface area contributed by atoms with Crippen LogP contribution < -0.4 is 10.2 Å². The molecule has 9 nitrogen and oxygen atoms in total. The van der Waals surface area contributed by atoms with Gasteiger partial charge in [0.1, 0.15) is 5.69 Å². The van der Waals surface area contributed by atoms with E-state index in [1.807, 2.05) is 44.4 Å². The van der Waals surface area contributed by atoms with E-state index in [1.165, 1.54) is 16.4 Å². The first-order chi connectivity index (χ1) is 14.8. The summed E-state index contributed by atoms with van der Waals surface area (Å²) in [5, 5.41) is 14.7. The first-order valence-electron chi connectivity index (χ1n) is 10.3. The van der Waals surface area contributed by atoms with Gasteiger partial charge in [-0.15, -0.1) is 0 Å². The zero-order chi connectivity index (χ0) is 22.4. The van der Waals surface area contributed by atoms with Crippen molar-refractivity contribution >= 4 is 27.1 Å². The topological polar surface area (TPSA) is 99.0 Å². The van der Waals surface area contributed by atoms with E-state index in [0.29, 0.717) is 38.4 Å². The maximum absolute atomic E-state index is 12.9. The number of piperazine rings is 1. The van der Waals surface area contributed by atoms with E-state index >= 15 is 0 Å². The number of nitrogens with one attached hydrogen (secondary N) is 1.